The monoisotopic (exact) mass is 436 g/mol. The summed E-state index contributed by atoms with van der Waals surface area (Å²) in [6.07, 6.45) is 2.15. The Kier molecular flexibility index (Phi) is 7.35. The minimum Gasteiger partial charge on any atom is -0.352 e. The highest BCUT2D eigenvalue weighted by Gasteiger charge is 2.14. The zero-order valence-electron chi connectivity index (χ0n) is 17.6. The van der Waals surface area contributed by atoms with Crippen molar-refractivity contribution >= 4 is 33.2 Å². The van der Waals surface area contributed by atoms with Gasteiger partial charge >= 0.3 is 0 Å². The molecule has 2 aromatic carbocycles. The molecule has 0 atom stereocenters. The van der Waals surface area contributed by atoms with Crippen LogP contribution in [0, 0.1) is 6.92 Å². The average Bonchev–Trinajstić information content (AvgIpc) is 2.60. The normalized spacial score (nSPS) is 11.9. The third-order valence-corrected chi connectivity index (χ3v) is 5.46. The maximum atomic E-state index is 12.2. The summed E-state index contributed by atoms with van der Waals surface area (Å²) in [4.78, 5) is 12.2. The van der Waals surface area contributed by atoms with Gasteiger partial charge in [-0.05, 0) is 47.1 Å². The van der Waals surface area contributed by atoms with Crippen molar-refractivity contribution in [2.24, 2.45) is 0 Å². The Morgan fingerprint density at radius 1 is 1.07 bits per heavy atom. The minimum absolute atomic E-state index is 0.0444. The van der Waals surface area contributed by atoms with Crippen LogP contribution < -0.4 is 10.0 Å². The maximum absolute atomic E-state index is 12.2. The molecule has 7 heteroatoms. The van der Waals surface area contributed by atoms with Crippen molar-refractivity contribution < 1.29 is 13.2 Å². The predicted octanol–water partition coefficient (Wildman–Crippen LogP) is 4.57. The highest BCUT2D eigenvalue weighted by molar-refractivity contribution is 7.92. The van der Waals surface area contributed by atoms with Gasteiger partial charge in [0.05, 0.1) is 17.0 Å². The molecule has 0 heterocycles. The first-order valence-electron chi connectivity index (χ1n) is 9.48. The van der Waals surface area contributed by atoms with E-state index in [9.17, 15) is 13.2 Å². The molecule has 0 unspecified atom stereocenters. The summed E-state index contributed by atoms with van der Waals surface area (Å²) >= 11 is 6.20. The van der Waals surface area contributed by atoms with Gasteiger partial charge in [-0.1, -0.05) is 62.7 Å². The number of amides is 1. The van der Waals surface area contributed by atoms with Crippen LogP contribution in [-0.2, 0) is 33.2 Å². The Hall–Kier alpha value is -2.05. The first-order chi connectivity index (χ1) is 13.3. The van der Waals surface area contributed by atoms with Crippen molar-refractivity contribution in [3.63, 3.8) is 0 Å². The van der Waals surface area contributed by atoms with E-state index in [0.717, 1.165) is 17.4 Å². The van der Waals surface area contributed by atoms with E-state index in [1.54, 1.807) is 13.0 Å². The smallest absolute Gasteiger partial charge is 0.229 e. The molecule has 0 radical (unpaired) electrons. The van der Waals surface area contributed by atoms with Gasteiger partial charge in [0.25, 0.3) is 0 Å². The van der Waals surface area contributed by atoms with Crippen molar-refractivity contribution in [2.45, 2.75) is 52.5 Å². The summed E-state index contributed by atoms with van der Waals surface area (Å²) in [6, 6.07) is 11.8. The molecular formula is C22H29ClN2O3S. The molecule has 0 aliphatic carbocycles. The van der Waals surface area contributed by atoms with Crippen molar-refractivity contribution in [2.75, 3.05) is 11.0 Å². The van der Waals surface area contributed by atoms with Crippen LogP contribution in [0.2, 0.25) is 5.02 Å². The molecule has 0 bridgehead atoms. The first-order valence-corrected chi connectivity index (χ1v) is 11.7. The van der Waals surface area contributed by atoms with Crippen LogP contribution in [0.15, 0.2) is 36.4 Å². The fourth-order valence-electron chi connectivity index (χ4n) is 2.95. The number of benzene rings is 2. The lowest BCUT2D eigenvalue weighted by Crippen LogP contribution is -2.23. The quantitative estimate of drug-likeness (QED) is 0.667. The highest BCUT2D eigenvalue weighted by Crippen LogP contribution is 2.28. The van der Waals surface area contributed by atoms with Gasteiger partial charge in [0, 0.05) is 13.0 Å². The molecule has 1 amide bonds. The molecule has 2 N–H and O–H groups in total. The van der Waals surface area contributed by atoms with E-state index in [-0.39, 0.29) is 11.3 Å². The molecule has 158 valence electrons. The first kappa shape index (κ1) is 23.2. The molecule has 5 nitrogen and oxygen atoms in total. The topological polar surface area (TPSA) is 75.3 Å². The van der Waals surface area contributed by atoms with Crippen LogP contribution in [0.3, 0.4) is 0 Å². The molecule has 0 aliphatic rings. The molecule has 0 aliphatic heterocycles. The number of nitrogens with one attached hydrogen (secondary N) is 2. The number of rotatable bonds is 7. The van der Waals surface area contributed by atoms with E-state index < -0.39 is 10.0 Å². The van der Waals surface area contributed by atoms with E-state index in [1.165, 1.54) is 5.56 Å². The third kappa shape index (κ3) is 7.37. The average molecular weight is 437 g/mol. The van der Waals surface area contributed by atoms with E-state index in [1.807, 2.05) is 6.07 Å². The number of carbonyl (C=O) groups is 1. The van der Waals surface area contributed by atoms with Gasteiger partial charge in [0.15, 0.2) is 0 Å². The number of anilines is 1. The van der Waals surface area contributed by atoms with Crippen LogP contribution >= 0.6 is 11.6 Å². The SMILES string of the molecule is Cc1cc(CNC(=O)CCc2ccc(C(C)(C)C)cc2)cc(Cl)c1NS(C)(=O)=O. The highest BCUT2D eigenvalue weighted by atomic mass is 35.5. The molecule has 0 fully saturated rings. The predicted molar refractivity (Wildman–Crippen MR) is 120 cm³/mol. The van der Waals surface area contributed by atoms with Crippen molar-refractivity contribution in [1.29, 1.82) is 0 Å². The van der Waals surface area contributed by atoms with E-state index >= 15 is 0 Å². The van der Waals surface area contributed by atoms with Gasteiger partial charge in [-0.2, -0.15) is 0 Å². The van der Waals surface area contributed by atoms with Gasteiger partial charge in [0.1, 0.15) is 0 Å². The largest absolute Gasteiger partial charge is 0.352 e. The van der Waals surface area contributed by atoms with Gasteiger partial charge in [-0.15, -0.1) is 0 Å². The van der Waals surface area contributed by atoms with Crippen LogP contribution in [-0.4, -0.2) is 20.6 Å². The summed E-state index contributed by atoms with van der Waals surface area (Å²) in [5.74, 6) is -0.0444. The van der Waals surface area contributed by atoms with Crippen molar-refractivity contribution in [3.8, 4) is 0 Å². The van der Waals surface area contributed by atoms with E-state index in [4.69, 9.17) is 11.6 Å². The number of hydrogen-bond acceptors (Lipinski definition) is 3. The zero-order valence-corrected chi connectivity index (χ0v) is 19.2. The lowest BCUT2D eigenvalue weighted by atomic mass is 9.86. The van der Waals surface area contributed by atoms with Gasteiger partial charge in [-0.25, -0.2) is 8.42 Å². The number of aryl methyl sites for hydroxylation is 2. The Morgan fingerprint density at radius 2 is 1.69 bits per heavy atom. The molecular weight excluding hydrogens is 408 g/mol. The summed E-state index contributed by atoms with van der Waals surface area (Å²) in [5.41, 5.74) is 4.39. The molecule has 2 rings (SSSR count). The lowest BCUT2D eigenvalue weighted by molar-refractivity contribution is -0.121. The van der Waals surface area contributed by atoms with Crippen LogP contribution in [0.5, 0.6) is 0 Å². The third-order valence-electron chi connectivity index (χ3n) is 4.59. The maximum Gasteiger partial charge on any atom is 0.229 e. The number of sulfonamides is 1. The summed E-state index contributed by atoms with van der Waals surface area (Å²) in [6.45, 7) is 8.63. The van der Waals surface area contributed by atoms with E-state index in [2.05, 4.69) is 55.1 Å². The van der Waals surface area contributed by atoms with Gasteiger partial charge in [0.2, 0.25) is 15.9 Å². The second-order valence-corrected chi connectivity index (χ2v) is 10.5. The Balaban J connectivity index is 1.91. The fraction of sp³-hybridized carbons (Fsp3) is 0.409. The standard InChI is InChI=1S/C22H29ClN2O3S/c1-15-12-17(13-19(23)21(15)25-29(5,27)28)14-24-20(26)11-8-16-6-9-18(10-7-16)22(2,3)4/h6-7,9-10,12-13,25H,8,11,14H2,1-5H3,(H,24,26). The summed E-state index contributed by atoms with van der Waals surface area (Å²) in [5, 5.41) is 3.20. The van der Waals surface area contributed by atoms with Crippen LogP contribution in [0.25, 0.3) is 0 Å². The van der Waals surface area contributed by atoms with Gasteiger partial charge < -0.3 is 5.32 Å². The number of carbonyl (C=O) groups excluding carboxylic acids is 1. The molecule has 0 spiro atoms. The zero-order chi connectivity index (χ0) is 21.8. The molecule has 2 aromatic rings. The minimum atomic E-state index is -3.41. The van der Waals surface area contributed by atoms with Crippen LogP contribution in [0.1, 0.15) is 49.4 Å². The van der Waals surface area contributed by atoms with Crippen molar-refractivity contribution in [3.05, 3.63) is 63.7 Å². The fourth-order valence-corrected chi connectivity index (χ4v) is 3.98. The number of hydrogen-bond donors (Lipinski definition) is 2. The second-order valence-electron chi connectivity index (χ2n) is 8.37. The summed E-state index contributed by atoms with van der Waals surface area (Å²) in [7, 11) is -3.41. The molecule has 0 saturated heterocycles. The lowest BCUT2D eigenvalue weighted by Gasteiger charge is -2.19. The van der Waals surface area contributed by atoms with Crippen LogP contribution in [0.4, 0.5) is 5.69 Å². The summed E-state index contributed by atoms with van der Waals surface area (Å²) < 4.78 is 25.3. The Morgan fingerprint density at radius 3 is 2.21 bits per heavy atom. The number of halogens is 1. The Labute approximate surface area is 178 Å². The van der Waals surface area contributed by atoms with Crippen molar-refractivity contribution in [1.82, 2.24) is 5.32 Å². The van der Waals surface area contributed by atoms with E-state index in [0.29, 0.717) is 35.7 Å². The molecule has 0 aromatic heterocycles. The second kappa shape index (κ2) is 9.18. The molecule has 29 heavy (non-hydrogen) atoms. The molecule has 0 saturated carbocycles. The van der Waals surface area contributed by atoms with Gasteiger partial charge in [-0.3, -0.25) is 9.52 Å². The Bertz CT molecular complexity index is 955.